The van der Waals surface area contributed by atoms with Crippen molar-refractivity contribution in [2.45, 2.75) is 40.0 Å². The van der Waals surface area contributed by atoms with Gasteiger partial charge < -0.3 is 0 Å². The van der Waals surface area contributed by atoms with E-state index in [4.69, 9.17) is 0 Å². The highest BCUT2D eigenvalue weighted by atomic mass is 16.1. The van der Waals surface area contributed by atoms with E-state index in [1.54, 1.807) is 0 Å². The van der Waals surface area contributed by atoms with E-state index in [9.17, 15) is 9.59 Å². The van der Waals surface area contributed by atoms with E-state index in [0.717, 1.165) is 5.56 Å². The third-order valence-electron chi connectivity index (χ3n) is 4.54. The molecule has 0 aliphatic rings. The zero-order valence-electron chi connectivity index (χ0n) is 15.0. The van der Waals surface area contributed by atoms with Crippen molar-refractivity contribution in [3.05, 3.63) is 71.8 Å². The summed E-state index contributed by atoms with van der Waals surface area (Å²) in [6.07, 6.45) is 0.382. The smallest absolute Gasteiger partial charge is 0.166 e. The molecule has 2 nitrogen and oxygen atoms in total. The Hall–Kier alpha value is -2.22. The predicted molar refractivity (Wildman–Crippen MR) is 98.2 cm³/mol. The van der Waals surface area contributed by atoms with Gasteiger partial charge in [-0.25, -0.2) is 0 Å². The Kier molecular flexibility index (Phi) is 5.71. The van der Waals surface area contributed by atoms with Crippen molar-refractivity contribution in [2.75, 3.05) is 0 Å². The van der Waals surface area contributed by atoms with Gasteiger partial charge in [0.25, 0.3) is 0 Å². The van der Waals surface area contributed by atoms with Crippen LogP contribution in [0.5, 0.6) is 0 Å². The van der Waals surface area contributed by atoms with Crippen molar-refractivity contribution in [1.29, 1.82) is 0 Å². The molecule has 24 heavy (non-hydrogen) atoms. The van der Waals surface area contributed by atoms with E-state index in [0.29, 0.717) is 12.0 Å². The Balaban J connectivity index is 2.32. The highest BCUT2D eigenvalue weighted by molar-refractivity contribution is 5.98. The summed E-state index contributed by atoms with van der Waals surface area (Å²) in [5, 5.41) is 0. The molecule has 0 radical (unpaired) electrons. The van der Waals surface area contributed by atoms with E-state index in [-0.39, 0.29) is 23.4 Å². The van der Waals surface area contributed by atoms with Crippen LogP contribution >= 0.6 is 0 Å². The Morgan fingerprint density at radius 3 is 1.88 bits per heavy atom. The molecule has 0 heterocycles. The topological polar surface area (TPSA) is 34.1 Å². The second-order valence-corrected chi connectivity index (χ2v) is 7.41. The molecule has 2 atom stereocenters. The van der Waals surface area contributed by atoms with Gasteiger partial charge in [0.2, 0.25) is 0 Å². The molecule has 0 N–H and O–H groups in total. The number of ketones is 2. The minimum atomic E-state index is -0.400. The summed E-state index contributed by atoms with van der Waals surface area (Å²) < 4.78 is 0. The van der Waals surface area contributed by atoms with Gasteiger partial charge in [-0.2, -0.15) is 0 Å². The number of carbonyl (C=O) groups is 2. The van der Waals surface area contributed by atoms with Crippen LogP contribution in [-0.2, 0) is 4.79 Å². The molecule has 2 rings (SSSR count). The first kappa shape index (κ1) is 18.1. The van der Waals surface area contributed by atoms with Crippen molar-refractivity contribution in [2.24, 2.45) is 11.3 Å². The minimum Gasteiger partial charge on any atom is -0.299 e. The molecule has 0 amide bonds. The summed E-state index contributed by atoms with van der Waals surface area (Å²) >= 11 is 0. The monoisotopic (exact) mass is 322 g/mol. The van der Waals surface area contributed by atoms with Crippen LogP contribution in [0.25, 0.3) is 0 Å². The maximum absolute atomic E-state index is 12.9. The lowest BCUT2D eigenvalue weighted by Crippen LogP contribution is -2.27. The fourth-order valence-electron chi connectivity index (χ4n) is 2.84. The van der Waals surface area contributed by atoms with E-state index in [1.807, 2.05) is 88.4 Å². The first-order chi connectivity index (χ1) is 11.3. The molecule has 126 valence electrons. The third kappa shape index (κ3) is 4.41. The Morgan fingerprint density at radius 1 is 0.875 bits per heavy atom. The fourth-order valence-corrected chi connectivity index (χ4v) is 2.84. The molecule has 2 heteroatoms. The normalized spacial score (nSPS) is 14.0. The van der Waals surface area contributed by atoms with E-state index in [2.05, 4.69) is 0 Å². The molecule has 0 aliphatic carbocycles. The van der Waals surface area contributed by atoms with E-state index in [1.165, 1.54) is 0 Å². The van der Waals surface area contributed by atoms with Gasteiger partial charge in [-0.3, -0.25) is 9.59 Å². The molecular formula is C22H26O2. The second kappa shape index (κ2) is 7.57. The number of Topliss-reactive ketones (excluding diaryl/α,β-unsaturated/α-hetero) is 2. The molecule has 0 saturated heterocycles. The molecular weight excluding hydrogens is 296 g/mol. The lowest BCUT2D eigenvalue weighted by molar-refractivity contribution is -0.126. The first-order valence-corrected chi connectivity index (χ1v) is 8.48. The molecule has 0 aliphatic heterocycles. The van der Waals surface area contributed by atoms with E-state index >= 15 is 0 Å². The Morgan fingerprint density at radius 2 is 1.38 bits per heavy atom. The van der Waals surface area contributed by atoms with Crippen molar-refractivity contribution in [3.63, 3.8) is 0 Å². The Labute approximate surface area is 144 Å². The van der Waals surface area contributed by atoms with Crippen molar-refractivity contribution in [1.82, 2.24) is 0 Å². The van der Waals surface area contributed by atoms with Crippen molar-refractivity contribution in [3.8, 4) is 0 Å². The quantitative estimate of drug-likeness (QED) is 0.677. The summed E-state index contributed by atoms with van der Waals surface area (Å²) in [6.45, 7) is 7.73. The number of rotatable bonds is 6. The van der Waals surface area contributed by atoms with E-state index < -0.39 is 5.41 Å². The third-order valence-corrected chi connectivity index (χ3v) is 4.54. The van der Waals surface area contributed by atoms with Gasteiger partial charge in [-0.15, -0.1) is 0 Å². The summed E-state index contributed by atoms with van der Waals surface area (Å²) in [6, 6.07) is 19.2. The summed E-state index contributed by atoms with van der Waals surface area (Å²) in [4.78, 5) is 25.5. The largest absolute Gasteiger partial charge is 0.299 e. The maximum atomic E-state index is 12.9. The summed E-state index contributed by atoms with van der Waals surface area (Å²) in [5.41, 5.74) is 1.35. The van der Waals surface area contributed by atoms with Crippen LogP contribution < -0.4 is 0 Å². The minimum absolute atomic E-state index is 0.0890. The highest BCUT2D eigenvalue weighted by Crippen LogP contribution is 2.33. The predicted octanol–water partition coefficient (Wildman–Crippen LogP) is 5.29. The van der Waals surface area contributed by atoms with Crippen LogP contribution in [0.1, 0.15) is 56.0 Å². The second-order valence-electron chi connectivity index (χ2n) is 7.41. The Bertz CT molecular complexity index is 681. The molecule has 0 fully saturated rings. The van der Waals surface area contributed by atoms with Gasteiger partial charge in [0.1, 0.15) is 5.78 Å². The molecule has 0 saturated carbocycles. The molecule has 2 aromatic carbocycles. The standard InChI is InChI=1S/C22H26O2/c1-16(21(24)18-13-9-6-10-14-18)19(15-20(23)22(2,3)4)17-11-7-5-8-12-17/h5-14,16,19H,15H2,1-4H3/t16-,19-/m1/s1. The molecule has 0 unspecified atom stereocenters. The maximum Gasteiger partial charge on any atom is 0.166 e. The SMILES string of the molecule is C[C@@H](C(=O)c1ccccc1)[C@@H](CC(=O)C(C)(C)C)c1ccccc1. The number of hydrogen-bond acceptors (Lipinski definition) is 2. The van der Waals surface area contributed by atoms with Crippen LogP contribution in [-0.4, -0.2) is 11.6 Å². The zero-order chi connectivity index (χ0) is 17.7. The van der Waals surface area contributed by atoms with Gasteiger partial charge in [-0.1, -0.05) is 88.4 Å². The van der Waals surface area contributed by atoms with Crippen LogP contribution in [0.4, 0.5) is 0 Å². The fraction of sp³-hybridized carbons (Fsp3) is 0.364. The first-order valence-electron chi connectivity index (χ1n) is 8.48. The van der Waals surface area contributed by atoms with Gasteiger partial charge in [0.05, 0.1) is 0 Å². The van der Waals surface area contributed by atoms with Gasteiger partial charge in [0, 0.05) is 29.2 Å². The van der Waals surface area contributed by atoms with Crippen LogP contribution in [0.2, 0.25) is 0 Å². The average molecular weight is 322 g/mol. The van der Waals surface area contributed by atoms with Crippen LogP contribution in [0, 0.1) is 11.3 Å². The zero-order valence-corrected chi connectivity index (χ0v) is 15.0. The van der Waals surface area contributed by atoms with Gasteiger partial charge in [-0.05, 0) is 5.56 Å². The summed E-state index contributed by atoms with van der Waals surface area (Å²) in [5.74, 6) is -0.0815. The van der Waals surface area contributed by atoms with Crippen LogP contribution in [0.3, 0.4) is 0 Å². The molecule has 0 spiro atoms. The highest BCUT2D eigenvalue weighted by Gasteiger charge is 2.31. The lowest BCUT2D eigenvalue weighted by atomic mass is 9.76. The molecule has 0 aromatic heterocycles. The van der Waals surface area contributed by atoms with Crippen molar-refractivity contribution < 1.29 is 9.59 Å². The summed E-state index contributed by atoms with van der Waals surface area (Å²) in [7, 11) is 0. The average Bonchev–Trinajstić information content (AvgIpc) is 2.59. The number of carbonyl (C=O) groups excluding carboxylic acids is 2. The van der Waals surface area contributed by atoms with Crippen molar-refractivity contribution >= 4 is 11.6 Å². The molecule has 0 bridgehead atoms. The number of benzene rings is 2. The van der Waals surface area contributed by atoms with Gasteiger partial charge >= 0.3 is 0 Å². The molecule has 2 aromatic rings. The van der Waals surface area contributed by atoms with Gasteiger partial charge in [0.15, 0.2) is 5.78 Å². The van der Waals surface area contributed by atoms with Crippen LogP contribution in [0.15, 0.2) is 60.7 Å². The number of hydrogen-bond donors (Lipinski definition) is 0. The lowest BCUT2D eigenvalue weighted by Gasteiger charge is -2.26.